The monoisotopic (exact) mass is 430 g/mol. The van der Waals surface area contributed by atoms with E-state index < -0.39 is 10.0 Å². The average Bonchev–Trinajstić information content (AvgIpc) is 3.22. The Labute approximate surface area is 174 Å². The Morgan fingerprint density at radius 3 is 2.69 bits per heavy atom. The zero-order chi connectivity index (χ0) is 20.4. The van der Waals surface area contributed by atoms with Gasteiger partial charge in [-0.3, -0.25) is 4.79 Å². The molecule has 29 heavy (non-hydrogen) atoms. The van der Waals surface area contributed by atoms with Crippen molar-refractivity contribution in [3.8, 4) is 0 Å². The van der Waals surface area contributed by atoms with Crippen LogP contribution in [0.2, 0.25) is 0 Å². The number of nitrogens with zero attached hydrogens (tertiary/aromatic N) is 3. The van der Waals surface area contributed by atoms with Crippen LogP contribution in [0.15, 0.2) is 47.4 Å². The van der Waals surface area contributed by atoms with Crippen LogP contribution in [-0.2, 0) is 21.2 Å². The van der Waals surface area contributed by atoms with Gasteiger partial charge in [0.05, 0.1) is 11.7 Å². The predicted molar refractivity (Wildman–Crippen MR) is 113 cm³/mol. The van der Waals surface area contributed by atoms with E-state index >= 15 is 0 Å². The van der Waals surface area contributed by atoms with Gasteiger partial charge in [0, 0.05) is 24.7 Å². The van der Waals surface area contributed by atoms with Crippen molar-refractivity contribution in [2.45, 2.75) is 31.1 Å². The number of carbonyl (C=O) groups is 1. The van der Waals surface area contributed by atoms with Gasteiger partial charge < -0.3 is 5.32 Å². The van der Waals surface area contributed by atoms with E-state index in [9.17, 15) is 13.2 Å². The number of aryl methyl sites for hydroxylation is 1. The largest absolute Gasteiger partial charge is 0.326 e. The molecule has 152 valence electrons. The summed E-state index contributed by atoms with van der Waals surface area (Å²) in [5.74, 6) is -0.260. The van der Waals surface area contributed by atoms with E-state index in [0.717, 1.165) is 29.4 Å². The molecule has 1 fully saturated rings. The molecule has 0 atom stereocenters. The first-order chi connectivity index (χ1) is 14.0. The highest BCUT2D eigenvalue weighted by Crippen LogP contribution is 2.28. The molecule has 0 spiro atoms. The Hall–Kier alpha value is -2.36. The van der Waals surface area contributed by atoms with E-state index in [1.807, 2.05) is 24.3 Å². The van der Waals surface area contributed by atoms with Gasteiger partial charge in [-0.05, 0) is 49.1 Å². The summed E-state index contributed by atoms with van der Waals surface area (Å²) in [5, 5.41) is 2.97. The van der Waals surface area contributed by atoms with Crippen molar-refractivity contribution in [2.24, 2.45) is 5.92 Å². The lowest BCUT2D eigenvalue weighted by atomic mass is 9.97. The molecule has 1 aliphatic rings. The van der Waals surface area contributed by atoms with Crippen LogP contribution in [0.5, 0.6) is 0 Å². The second-order valence-electron chi connectivity index (χ2n) is 7.11. The third-order valence-electron chi connectivity index (χ3n) is 5.29. The van der Waals surface area contributed by atoms with Crippen molar-refractivity contribution >= 4 is 44.4 Å². The van der Waals surface area contributed by atoms with Crippen LogP contribution in [0, 0.1) is 5.92 Å². The van der Waals surface area contributed by atoms with Crippen molar-refractivity contribution in [3.63, 3.8) is 0 Å². The Kier molecular flexibility index (Phi) is 5.62. The lowest BCUT2D eigenvalue weighted by Crippen LogP contribution is -2.41. The summed E-state index contributed by atoms with van der Waals surface area (Å²) in [6.45, 7) is 2.69. The summed E-state index contributed by atoms with van der Waals surface area (Å²) in [6.07, 6.45) is 1.88. The fourth-order valence-corrected chi connectivity index (χ4v) is 5.82. The van der Waals surface area contributed by atoms with E-state index in [1.165, 1.54) is 4.31 Å². The Morgan fingerprint density at radius 2 is 1.93 bits per heavy atom. The zero-order valence-corrected chi connectivity index (χ0v) is 17.7. The number of nitrogens with one attached hydrogen (secondary N) is 1. The molecule has 1 aliphatic heterocycles. The molecule has 0 unspecified atom stereocenters. The van der Waals surface area contributed by atoms with Crippen molar-refractivity contribution in [2.75, 3.05) is 18.4 Å². The zero-order valence-electron chi connectivity index (χ0n) is 16.0. The molecule has 0 saturated carbocycles. The number of aromatic nitrogens is 2. The molecule has 7 nitrogen and oxygen atoms in total. The molecular formula is C20H22N4O3S2. The number of hydrogen-bond donors (Lipinski definition) is 1. The number of carbonyl (C=O) groups excluding carboxylic acids is 1. The summed E-state index contributed by atoms with van der Waals surface area (Å²) in [4.78, 5) is 12.8. The van der Waals surface area contributed by atoms with Gasteiger partial charge in [0.25, 0.3) is 0 Å². The topological polar surface area (TPSA) is 92.3 Å². The molecular weight excluding hydrogens is 408 g/mol. The molecule has 2 heterocycles. The SMILES string of the molecule is CCc1cccc(NC(=O)C2CCN(S(=O)(=O)c3cccc4nsnc34)CC2)c1. The Balaban J connectivity index is 1.43. The second kappa shape index (κ2) is 8.17. The standard InChI is InChI=1S/C20H22N4O3S2/c1-2-14-5-3-6-16(13-14)21-20(25)15-9-11-24(12-10-15)29(26,27)18-8-4-7-17-19(18)23-28-22-17/h3-8,13,15H,2,9-12H2,1H3,(H,21,25). The number of amides is 1. The maximum atomic E-state index is 13.1. The molecule has 1 aromatic heterocycles. The van der Waals surface area contributed by atoms with E-state index in [-0.39, 0.29) is 16.7 Å². The normalized spacial score (nSPS) is 16.2. The minimum atomic E-state index is -3.67. The van der Waals surface area contributed by atoms with Crippen LogP contribution in [0.1, 0.15) is 25.3 Å². The van der Waals surface area contributed by atoms with E-state index in [4.69, 9.17) is 0 Å². The first kappa shape index (κ1) is 19.9. The lowest BCUT2D eigenvalue weighted by molar-refractivity contribution is -0.120. The Bertz CT molecular complexity index is 1140. The molecule has 2 aromatic carbocycles. The predicted octanol–water partition coefficient (Wildman–Crippen LogP) is 3.29. The minimum Gasteiger partial charge on any atom is -0.326 e. The van der Waals surface area contributed by atoms with Gasteiger partial charge in [0.15, 0.2) is 0 Å². The van der Waals surface area contributed by atoms with Gasteiger partial charge in [0.1, 0.15) is 15.9 Å². The first-order valence-electron chi connectivity index (χ1n) is 9.60. The van der Waals surface area contributed by atoms with Gasteiger partial charge in [-0.15, -0.1) is 0 Å². The van der Waals surface area contributed by atoms with Crippen molar-refractivity contribution in [1.29, 1.82) is 0 Å². The molecule has 0 aliphatic carbocycles. The molecule has 0 bridgehead atoms. The summed E-state index contributed by atoms with van der Waals surface area (Å²) in [6, 6.07) is 12.8. The van der Waals surface area contributed by atoms with Gasteiger partial charge in [0.2, 0.25) is 15.9 Å². The summed E-state index contributed by atoms with van der Waals surface area (Å²) in [5.41, 5.74) is 2.94. The first-order valence-corrected chi connectivity index (χ1v) is 11.8. The lowest BCUT2D eigenvalue weighted by Gasteiger charge is -2.30. The number of fused-ring (bicyclic) bond motifs is 1. The highest BCUT2D eigenvalue weighted by atomic mass is 32.2. The smallest absolute Gasteiger partial charge is 0.245 e. The summed E-state index contributed by atoms with van der Waals surface area (Å²) in [7, 11) is -3.67. The van der Waals surface area contributed by atoms with E-state index in [0.29, 0.717) is 37.0 Å². The molecule has 1 amide bonds. The number of sulfonamides is 1. The number of anilines is 1. The van der Waals surface area contributed by atoms with Gasteiger partial charge >= 0.3 is 0 Å². The maximum Gasteiger partial charge on any atom is 0.245 e. The third kappa shape index (κ3) is 4.03. The Morgan fingerprint density at radius 1 is 1.17 bits per heavy atom. The molecule has 0 radical (unpaired) electrons. The average molecular weight is 431 g/mol. The summed E-state index contributed by atoms with van der Waals surface area (Å²) >= 11 is 1.00. The molecule has 1 N–H and O–H groups in total. The number of rotatable bonds is 5. The quantitative estimate of drug-likeness (QED) is 0.671. The fraction of sp³-hybridized carbons (Fsp3) is 0.350. The summed E-state index contributed by atoms with van der Waals surface area (Å²) < 4.78 is 35.9. The van der Waals surface area contributed by atoms with Crippen LogP contribution in [0.4, 0.5) is 5.69 Å². The number of benzene rings is 2. The van der Waals surface area contributed by atoms with Gasteiger partial charge in [-0.25, -0.2) is 8.42 Å². The minimum absolute atomic E-state index is 0.0545. The molecule has 1 saturated heterocycles. The molecule has 3 aromatic rings. The second-order valence-corrected chi connectivity index (χ2v) is 9.54. The third-order valence-corrected chi connectivity index (χ3v) is 7.77. The molecule has 4 rings (SSSR count). The highest BCUT2D eigenvalue weighted by Gasteiger charge is 2.33. The van der Waals surface area contributed by atoms with Gasteiger partial charge in [-0.1, -0.05) is 25.1 Å². The van der Waals surface area contributed by atoms with Crippen molar-refractivity contribution < 1.29 is 13.2 Å². The maximum absolute atomic E-state index is 13.1. The van der Waals surface area contributed by atoms with E-state index in [2.05, 4.69) is 21.0 Å². The van der Waals surface area contributed by atoms with Gasteiger partial charge in [-0.2, -0.15) is 13.1 Å². The number of hydrogen-bond acceptors (Lipinski definition) is 6. The van der Waals surface area contributed by atoms with Crippen LogP contribution in [0.3, 0.4) is 0 Å². The highest BCUT2D eigenvalue weighted by molar-refractivity contribution is 7.89. The van der Waals surface area contributed by atoms with Crippen LogP contribution >= 0.6 is 11.7 Å². The van der Waals surface area contributed by atoms with Crippen LogP contribution in [-0.4, -0.2) is 40.5 Å². The fourth-order valence-electron chi connectivity index (χ4n) is 3.60. The molecule has 9 heteroatoms. The number of piperidine rings is 1. The van der Waals surface area contributed by atoms with Crippen molar-refractivity contribution in [3.05, 3.63) is 48.0 Å². The van der Waals surface area contributed by atoms with Crippen LogP contribution < -0.4 is 5.32 Å². The van der Waals surface area contributed by atoms with Crippen molar-refractivity contribution in [1.82, 2.24) is 13.1 Å². The van der Waals surface area contributed by atoms with Crippen LogP contribution in [0.25, 0.3) is 11.0 Å². The van der Waals surface area contributed by atoms with E-state index in [1.54, 1.807) is 18.2 Å².